The Bertz CT molecular complexity index is 4520. The van der Waals surface area contributed by atoms with Crippen molar-refractivity contribution in [3.63, 3.8) is 0 Å². The average molecular weight is 1020 g/mol. The van der Waals surface area contributed by atoms with Crippen LogP contribution in [0.1, 0.15) is 0 Å². The second-order valence-electron chi connectivity index (χ2n) is 20.7. The molecule has 0 saturated carbocycles. The predicted molar refractivity (Wildman–Crippen MR) is 336 cm³/mol. The molecule has 0 spiro atoms. The van der Waals surface area contributed by atoms with E-state index in [0.29, 0.717) is 0 Å². The van der Waals surface area contributed by atoms with E-state index in [4.69, 9.17) is 4.98 Å². The van der Waals surface area contributed by atoms with Crippen molar-refractivity contribution < 1.29 is 0 Å². The van der Waals surface area contributed by atoms with E-state index in [1.807, 2.05) is 0 Å². The molecule has 374 valence electrons. The largest absolute Gasteiger partial charge is 0.309 e. The molecule has 0 aliphatic carbocycles. The summed E-state index contributed by atoms with van der Waals surface area (Å²) in [6, 6.07) is 112. The lowest BCUT2D eigenvalue weighted by Gasteiger charge is -2.16. The molecule has 15 aromatic rings. The fraction of sp³-hybridized carbons (Fsp3) is 0. The molecule has 3 heterocycles. The van der Waals surface area contributed by atoms with Gasteiger partial charge < -0.3 is 9.13 Å². The van der Waals surface area contributed by atoms with Gasteiger partial charge in [-0.05, 0) is 158 Å². The van der Waals surface area contributed by atoms with Crippen LogP contribution in [-0.2, 0) is 0 Å². The maximum Gasteiger partial charge on any atom is 0.0716 e. The van der Waals surface area contributed by atoms with Crippen LogP contribution in [0.4, 0.5) is 0 Å². The number of hydrogen-bond donors (Lipinski definition) is 0. The number of nitrogens with zero attached hydrogens (tertiary/aromatic N) is 3. The Morgan fingerprint density at radius 3 is 0.863 bits per heavy atom. The third-order valence-corrected chi connectivity index (χ3v) is 15.9. The van der Waals surface area contributed by atoms with Gasteiger partial charge in [0, 0.05) is 44.0 Å². The topological polar surface area (TPSA) is 22.8 Å². The summed E-state index contributed by atoms with van der Waals surface area (Å²) in [4.78, 5) is 5.54. The summed E-state index contributed by atoms with van der Waals surface area (Å²) in [5.41, 5.74) is 24.6. The van der Waals surface area contributed by atoms with Crippen LogP contribution in [0.2, 0.25) is 0 Å². The highest BCUT2D eigenvalue weighted by Gasteiger charge is 2.20. The van der Waals surface area contributed by atoms with Crippen LogP contribution < -0.4 is 0 Å². The van der Waals surface area contributed by atoms with Crippen LogP contribution in [0.25, 0.3) is 144 Å². The Morgan fingerprint density at radius 1 is 0.175 bits per heavy atom. The number of aromatic nitrogens is 3. The smallest absolute Gasteiger partial charge is 0.0716 e. The molecule has 3 nitrogen and oxygen atoms in total. The van der Waals surface area contributed by atoms with E-state index in [-0.39, 0.29) is 0 Å². The zero-order valence-electron chi connectivity index (χ0n) is 43.8. The Labute approximate surface area is 465 Å². The molecule has 0 unspecified atom stereocenters. The number of benzene rings is 12. The summed E-state index contributed by atoms with van der Waals surface area (Å²) in [7, 11) is 0. The zero-order chi connectivity index (χ0) is 52.9. The van der Waals surface area contributed by atoms with Crippen LogP contribution in [-0.4, -0.2) is 14.1 Å². The first kappa shape index (κ1) is 46.7. The van der Waals surface area contributed by atoms with Gasteiger partial charge in [-0.2, -0.15) is 0 Å². The Morgan fingerprint density at radius 2 is 0.463 bits per heavy atom. The van der Waals surface area contributed by atoms with E-state index in [1.54, 1.807) is 0 Å². The fourth-order valence-corrected chi connectivity index (χ4v) is 12.0. The van der Waals surface area contributed by atoms with Crippen LogP contribution in [0.15, 0.2) is 309 Å². The molecule has 15 rings (SSSR count). The minimum atomic E-state index is 0.897. The highest BCUT2D eigenvalue weighted by Crippen LogP contribution is 2.42. The summed E-state index contributed by atoms with van der Waals surface area (Å²) >= 11 is 0. The van der Waals surface area contributed by atoms with Gasteiger partial charge in [0.15, 0.2) is 0 Å². The van der Waals surface area contributed by atoms with Crippen molar-refractivity contribution in [3.8, 4) is 101 Å². The van der Waals surface area contributed by atoms with Gasteiger partial charge in [-0.25, -0.2) is 4.98 Å². The predicted octanol–water partition coefficient (Wildman–Crippen LogP) is 20.6. The van der Waals surface area contributed by atoms with Crippen molar-refractivity contribution in [2.45, 2.75) is 0 Å². The first-order valence-corrected chi connectivity index (χ1v) is 27.4. The first-order valence-electron chi connectivity index (χ1n) is 27.4. The number of pyridine rings is 1. The van der Waals surface area contributed by atoms with Crippen LogP contribution in [0.3, 0.4) is 0 Å². The molecule has 0 aliphatic heterocycles. The zero-order valence-corrected chi connectivity index (χ0v) is 43.8. The number of fused-ring (bicyclic) bond motifs is 6. The van der Waals surface area contributed by atoms with Crippen molar-refractivity contribution in [3.05, 3.63) is 309 Å². The summed E-state index contributed by atoms with van der Waals surface area (Å²) in [6.07, 6.45) is 0. The number of hydrogen-bond acceptors (Lipinski definition) is 1. The monoisotopic (exact) mass is 1020 g/mol. The molecule has 12 aromatic carbocycles. The van der Waals surface area contributed by atoms with E-state index in [2.05, 4.69) is 319 Å². The van der Waals surface area contributed by atoms with Crippen molar-refractivity contribution >= 4 is 43.6 Å². The summed E-state index contributed by atoms with van der Waals surface area (Å²) in [5.74, 6) is 0. The van der Waals surface area contributed by atoms with E-state index in [0.717, 1.165) is 78.2 Å². The molecular weight excluding hydrogens is 967 g/mol. The SMILES string of the molecule is c1ccc(-c2cc(-c3ccccc3)nc(-c3cc(-c4cccc(-n5c6ccc(-c7ccccc7)cc6c6cc(-c7ccccc7)ccc65)c4)cc(-n4c5ccc(-c6ccccc6)cc5c5cc(-c6ccccc6)ccc54)c3)c2)cc1. The average Bonchev–Trinajstić information content (AvgIpc) is 4.26. The Kier molecular flexibility index (Phi) is 11.5. The second-order valence-corrected chi connectivity index (χ2v) is 20.7. The van der Waals surface area contributed by atoms with E-state index in [9.17, 15) is 0 Å². The van der Waals surface area contributed by atoms with Crippen molar-refractivity contribution in [1.82, 2.24) is 14.1 Å². The van der Waals surface area contributed by atoms with Gasteiger partial charge in [-0.3, -0.25) is 0 Å². The highest BCUT2D eigenvalue weighted by atomic mass is 15.0. The molecule has 3 heteroatoms. The van der Waals surface area contributed by atoms with E-state index in [1.165, 1.54) is 66.1 Å². The molecular formula is C77H51N3. The third kappa shape index (κ3) is 8.46. The van der Waals surface area contributed by atoms with Crippen molar-refractivity contribution in [1.29, 1.82) is 0 Å². The van der Waals surface area contributed by atoms with Crippen LogP contribution in [0, 0.1) is 0 Å². The fourth-order valence-electron chi connectivity index (χ4n) is 12.0. The Hall–Kier alpha value is -10.6. The summed E-state index contributed by atoms with van der Waals surface area (Å²) in [6.45, 7) is 0. The van der Waals surface area contributed by atoms with Gasteiger partial charge >= 0.3 is 0 Å². The lowest BCUT2D eigenvalue weighted by atomic mass is 9.96. The maximum atomic E-state index is 5.54. The quantitative estimate of drug-likeness (QED) is 0.134. The van der Waals surface area contributed by atoms with Gasteiger partial charge in [0.2, 0.25) is 0 Å². The van der Waals surface area contributed by atoms with E-state index < -0.39 is 0 Å². The van der Waals surface area contributed by atoms with Crippen LogP contribution in [0.5, 0.6) is 0 Å². The van der Waals surface area contributed by atoms with Gasteiger partial charge in [-0.15, -0.1) is 0 Å². The minimum absolute atomic E-state index is 0.897. The summed E-state index contributed by atoms with van der Waals surface area (Å²) in [5, 5.41) is 4.82. The normalized spacial score (nSPS) is 11.5. The van der Waals surface area contributed by atoms with Crippen LogP contribution >= 0.6 is 0 Å². The lowest BCUT2D eigenvalue weighted by Crippen LogP contribution is -1.98. The molecule has 0 N–H and O–H groups in total. The molecule has 0 aliphatic rings. The van der Waals surface area contributed by atoms with Crippen molar-refractivity contribution in [2.24, 2.45) is 0 Å². The third-order valence-electron chi connectivity index (χ3n) is 15.9. The molecule has 0 radical (unpaired) electrons. The highest BCUT2D eigenvalue weighted by molar-refractivity contribution is 6.13. The van der Waals surface area contributed by atoms with Gasteiger partial charge in [0.25, 0.3) is 0 Å². The number of rotatable bonds is 10. The first-order chi connectivity index (χ1) is 39.6. The molecule has 0 bridgehead atoms. The molecule has 0 amide bonds. The molecule has 3 aromatic heterocycles. The van der Waals surface area contributed by atoms with Gasteiger partial charge in [0.05, 0.1) is 33.5 Å². The van der Waals surface area contributed by atoms with Gasteiger partial charge in [0.1, 0.15) is 0 Å². The molecule has 0 saturated heterocycles. The van der Waals surface area contributed by atoms with Gasteiger partial charge in [-0.1, -0.05) is 218 Å². The second kappa shape index (κ2) is 19.8. The lowest BCUT2D eigenvalue weighted by molar-refractivity contribution is 1.17. The standard InChI is InChI=1S/C77H51N3/c1-7-20-52(21-8-1)59-34-38-74-68(46-59)69-47-60(53-22-9-2-10-23-53)35-39-75(69)79(74)66-33-19-32-58(43-66)63-42-65(73-51-64(56-28-15-5-16-29-56)50-72(78-73)57-30-17-6-18-31-57)45-67(44-63)80-76-40-36-61(54-24-11-3-12-25-54)48-70(76)71-49-62(37-41-77(71)80)55-26-13-4-14-27-55/h1-51H. The maximum absolute atomic E-state index is 5.54. The van der Waals surface area contributed by atoms with E-state index >= 15 is 0 Å². The molecule has 0 fully saturated rings. The molecule has 0 atom stereocenters. The Balaban J connectivity index is 0.970. The minimum Gasteiger partial charge on any atom is -0.309 e. The molecule has 80 heavy (non-hydrogen) atoms. The summed E-state index contributed by atoms with van der Waals surface area (Å²) < 4.78 is 4.91. The van der Waals surface area contributed by atoms with Crippen molar-refractivity contribution in [2.75, 3.05) is 0 Å².